The van der Waals surface area contributed by atoms with Gasteiger partial charge in [0, 0.05) is 48.5 Å². The molecule has 0 radical (unpaired) electrons. The molecule has 2 aliphatic heterocycles. The molecule has 6 aromatic carbocycles. The summed E-state index contributed by atoms with van der Waals surface area (Å²) in [6, 6.07) is 48.8. The van der Waals surface area contributed by atoms with Gasteiger partial charge in [0.1, 0.15) is 23.0 Å². The van der Waals surface area contributed by atoms with Crippen molar-refractivity contribution < 1.29 is 9.15 Å². The number of H-pyrrole nitrogens is 1. The van der Waals surface area contributed by atoms with Crippen molar-refractivity contribution in [3.63, 3.8) is 0 Å². The average molecular weight is 787 g/mol. The molecule has 5 heterocycles. The number of thioether (sulfide) groups is 1. The van der Waals surface area contributed by atoms with Crippen molar-refractivity contribution in [2.24, 2.45) is 4.99 Å². The number of para-hydroxylation sites is 3. The van der Waals surface area contributed by atoms with Gasteiger partial charge in [0.2, 0.25) is 0 Å². The van der Waals surface area contributed by atoms with E-state index in [1.165, 1.54) is 15.6 Å². The fourth-order valence-electron chi connectivity index (χ4n) is 7.92. The number of hydrogen-bond donors (Lipinski definition) is 1. The summed E-state index contributed by atoms with van der Waals surface area (Å²) < 4.78 is 15.1. The Labute approximate surface area is 343 Å². The van der Waals surface area contributed by atoms with Gasteiger partial charge in [-0.3, -0.25) is 4.90 Å². The van der Waals surface area contributed by atoms with Crippen LogP contribution in [0.25, 0.3) is 76.4 Å². The van der Waals surface area contributed by atoms with Gasteiger partial charge in [-0.25, -0.2) is 9.98 Å². The van der Waals surface area contributed by atoms with Crippen molar-refractivity contribution in [3.05, 3.63) is 182 Å². The molecular formula is C50H34N4O2S2. The summed E-state index contributed by atoms with van der Waals surface area (Å²) in [4.78, 5) is 18.4. The molecule has 0 aliphatic carbocycles. The standard InChI is InChI=1S/C50H34N4O2S2/c1-2-15-27-51-43(26-6-1)54-31-55-49-47(50-52-36-21-10-11-22-37(36)53-50)45(39-28-33-18-7-12-23-38(33)56-39)46(42-29-34-19-8-13-24-40(34)58-42)44(48(49)54)35-20-9-14-25-41(35)57-30-32-16-4-3-5-17-32/h1-29H,30-31H2,(H,52,53). The van der Waals surface area contributed by atoms with E-state index < -0.39 is 0 Å². The van der Waals surface area contributed by atoms with Crippen molar-refractivity contribution >= 4 is 66.7 Å². The number of amidine groups is 1. The van der Waals surface area contributed by atoms with E-state index >= 15 is 0 Å². The van der Waals surface area contributed by atoms with Crippen LogP contribution in [0.4, 0.5) is 5.69 Å². The molecule has 278 valence electrons. The number of aliphatic imine (C=N–C) groups is 1. The third kappa shape index (κ3) is 6.05. The number of aromatic amines is 1. The third-order valence-electron chi connectivity index (χ3n) is 10.5. The number of benzene rings is 6. The molecule has 58 heavy (non-hydrogen) atoms. The molecule has 6 nitrogen and oxygen atoms in total. The Morgan fingerprint density at radius 2 is 1.50 bits per heavy atom. The lowest BCUT2D eigenvalue weighted by Crippen LogP contribution is -2.29. The summed E-state index contributed by atoms with van der Waals surface area (Å²) in [6.07, 6.45) is 11.9. The number of fused-ring (bicyclic) bond motifs is 4. The smallest absolute Gasteiger partial charge is 0.167 e. The summed E-state index contributed by atoms with van der Waals surface area (Å²) >= 11 is 3.62. The molecule has 0 fully saturated rings. The number of ether oxygens (including phenoxy) is 1. The number of rotatable bonds is 7. The highest BCUT2D eigenvalue weighted by Gasteiger charge is 2.39. The summed E-state index contributed by atoms with van der Waals surface area (Å²) in [7, 11) is 0. The molecule has 0 saturated heterocycles. The Balaban J connectivity index is 1.30. The zero-order chi connectivity index (χ0) is 38.4. The van der Waals surface area contributed by atoms with Crippen LogP contribution in [0, 0.1) is 0 Å². The number of furan rings is 1. The lowest BCUT2D eigenvalue weighted by molar-refractivity contribution is 0.361. The zero-order valence-corrected chi connectivity index (χ0v) is 32.8. The normalized spacial score (nSPS) is 13.6. The van der Waals surface area contributed by atoms with Crippen LogP contribution >= 0.6 is 23.1 Å². The zero-order valence-electron chi connectivity index (χ0n) is 31.1. The van der Waals surface area contributed by atoms with Crippen LogP contribution in [-0.2, 0) is 5.75 Å². The van der Waals surface area contributed by atoms with Crippen molar-refractivity contribution in [1.29, 1.82) is 0 Å². The van der Waals surface area contributed by atoms with E-state index in [1.807, 2.05) is 78.7 Å². The van der Waals surface area contributed by atoms with E-state index in [2.05, 4.69) is 119 Å². The van der Waals surface area contributed by atoms with E-state index in [1.54, 1.807) is 11.3 Å². The molecule has 0 bridgehead atoms. The Morgan fingerprint density at radius 3 is 2.40 bits per heavy atom. The highest BCUT2D eigenvalue weighted by Crippen LogP contribution is 2.60. The second-order valence-corrected chi connectivity index (χ2v) is 16.2. The maximum Gasteiger partial charge on any atom is 0.167 e. The summed E-state index contributed by atoms with van der Waals surface area (Å²) in [5.41, 5.74) is 9.76. The van der Waals surface area contributed by atoms with Gasteiger partial charge in [-0.05, 0) is 71.1 Å². The molecule has 0 saturated carbocycles. The number of nitrogens with one attached hydrogen (secondary N) is 1. The SMILES string of the molecule is C1=CC=CC(N2COc3c(-c4nc5ccccc5[nH]4)c(-c4cc5ccccc5o4)c(-c4cc5ccccc5s4)c(-c4ccccc4SCc4ccccc4)c32)=NC=C1. The second kappa shape index (κ2) is 14.6. The van der Waals surface area contributed by atoms with Crippen LogP contribution in [0.3, 0.4) is 0 Å². The fourth-order valence-corrected chi connectivity index (χ4v) is 10.1. The number of thiophene rings is 1. The van der Waals surface area contributed by atoms with Gasteiger partial charge in [-0.2, -0.15) is 0 Å². The van der Waals surface area contributed by atoms with E-state index in [-0.39, 0.29) is 6.73 Å². The number of imidazole rings is 1. The Bertz CT molecular complexity index is 3050. The number of aromatic nitrogens is 2. The quantitative estimate of drug-likeness (QED) is 0.163. The van der Waals surface area contributed by atoms with Gasteiger partial charge in [-0.1, -0.05) is 115 Å². The molecule has 0 spiro atoms. The van der Waals surface area contributed by atoms with E-state index in [0.29, 0.717) is 5.82 Å². The first kappa shape index (κ1) is 34.4. The van der Waals surface area contributed by atoms with Crippen molar-refractivity contribution in [1.82, 2.24) is 9.97 Å². The molecule has 2 aliphatic rings. The molecule has 11 rings (SSSR count). The van der Waals surface area contributed by atoms with Crippen molar-refractivity contribution in [2.75, 3.05) is 11.6 Å². The molecular weight excluding hydrogens is 753 g/mol. The predicted molar refractivity (Wildman–Crippen MR) is 242 cm³/mol. The maximum atomic E-state index is 7.00. The number of nitrogens with zero attached hydrogens (tertiary/aromatic N) is 3. The molecule has 0 atom stereocenters. The minimum Gasteiger partial charge on any atom is -0.470 e. The van der Waals surface area contributed by atoms with E-state index in [0.717, 1.165) is 88.4 Å². The molecule has 0 unspecified atom stereocenters. The van der Waals surface area contributed by atoms with Gasteiger partial charge in [0.05, 0.1) is 22.3 Å². The van der Waals surface area contributed by atoms with Gasteiger partial charge >= 0.3 is 0 Å². The highest BCUT2D eigenvalue weighted by atomic mass is 32.2. The number of allylic oxidation sites excluding steroid dienone is 4. The fraction of sp³-hybridized carbons (Fsp3) is 0.0400. The Morgan fingerprint density at radius 1 is 0.707 bits per heavy atom. The first-order chi connectivity index (χ1) is 28.8. The van der Waals surface area contributed by atoms with Gasteiger partial charge in [-0.15, -0.1) is 23.1 Å². The maximum absolute atomic E-state index is 7.00. The summed E-state index contributed by atoms with van der Waals surface area (Å²) in [5.74, 6) is 3.74. The first-order valence-electron chi connectivity index (χ1n) is 19.2. The lowest BCUT2D eigenvalue weighted by Gasteiger charge is -2.25. The Kier molecular flexibility index (Phi) is 8.64. The average Bonchev–Trinajstić information content (AvgIpc) is 4.07. The van der Waals surface area contributed by atoms with Crippen LogP contribution in [0.2, 0.25) is 0 Å². The van der Waals surface area contributed by atoms with E-state index in [9.17, 15) is 0 Å². The minimum absolute atomic E-state index is 0.255. The molecule has 9 aromatic rings. The topological polar surface area (TPSA) is 66.7 Å². The summed E-state index contributed by atoms with van der Waals surface area (Å²) in [6.45, 7) is 0.255. The van der Waals surface area contributed by atoms with Gasteiger partial charge < -0.3 is 14.1 Å². The number of hydrogen-bond acceptors (Lipinski definition) is 7. The highest BCUT2D eigenvalue weighted by molar-refractivity contribution is 7.98. The molecule has 8 heteroatoms. The van der Waals surface area contributed by atoms with E-state index in [4.69, 9.17) is 19.1 Å². The summed E-state index contributed by atoms with van der Waals surface area (Å²) in [5, 5.41) is 2.20. The van der Waals surface area contributed by atoms with Crippen LogP contribution in [0.5, 0.6) is 5.75 Å². The predicted octanol–water partition coefficient (Wildman–Crippen LogP) is 13.7. The molecule has 3 aromatic heterocycles. The minimum atomic E-state index is 0.255. The lowest BCUT2D eigenvalue weighted by atomic mass is 9.86. The van der Waals surface area contributed by atoms with Crippen molar-refractivity contribution in [2.45, 2.75) is 10.6 Å². The third-order valence-corrected chi connectivity index (χ3v) is 12.8. The molecule has 1 N–H and O–H groups in total. The molecule has 0 amide bonds. The van der Waals surface area contributed by atoms with Gasteiger partial charge in [0.25, 0.3) is 0 Å². The van der Waals surface area contributed by atoms with Crippen LogP contribution in [0.15, 0.2) is 190 Å². The van der Waals surface area contributed by atoms with Crippen LogP contribution in [-0.4, -0.2) is 22.5 Å². The second-order valence-electron chi connectivity index (χ2n) is 14.1. The van der Waals surface area contributed by atoms with Crippen molar-refractivity contribution in [3.8, 4) is 50.0 Å². The largest absolute Gasteiger partial charge is 0.470 e. The van der Waals surface area contributed by atoms with Crippen LogP contribution < -0.4 is 9.64 Å². The van der Waals surface area contributed by atoms with Crippen LogP contribution in [0.1, 0.15) is 5.56 Å². The Hall–Kier alpha value is -6.87. The number of anilines is 1. The first-order valence-corrected chi connectivity index (χ1v) is 21.0. The monoisotopic (exact) mass is 786 g/mol. The van der Waals surface area contributed by atoms with Gasteiger partial charge in [0.15, 0.2) is 12.5 Å².